The van der Waals surface area contributed by atoms with Gasteiger partial charge in [0.2, 0.25) is 5.91 Å². The summed E-state index contributed by atoms with van der Waals surface area (Å²) in [5.41, 5.74) is 6.74. The highest BCUT2D eigenvalue weighted by Crippen LogP contribution is 2.29. The van der Waals surface area contributed by atoms with Crippen molar-refractivity contribution in [2.24, 2.45) is 4.99 Å². The number of hydrogen-bond acceptors (Lipinski definition) is 4. The molecule has 0 bridgehead atoms. The molecule has 0 saturated carbocycles. The first kappa shape index (κ1) is 33.0. The van der Waals surface area contributed by atoms with Crippen LogP contribution >= 0.6 is 0 Å². The normalized spacial score (nSPS) is 15.3. The number of aliphatic carboxylic acids is 1. The predicted octanol–water partition coefficient (Wildman–Crippen LogP) is 8.04. The number of nitrogens with zero attached hydrogens (tertiary/aromatic N) is 2. The molecule has 4 rings (SSSR count). The van der Waals surface area contributed by atoms with Gasteiger partial charge in [-0.05, 0) is 91.3 Å². The van der Waals surface area contributed by atoms with E-state index < -0.39 is 5.97 Å². The monoisotopic (exact) mass is 596 g/mol. The lowest BCUT2D eigenvalue weighted by atomic mass is 9.86. The smallest absolute Gasteiger partial charge is 0.307 e. The fraction of sp³-hybridized carbons (Fsp3) is 0.447. The number of amides is 1. The highest BCUT2D eigenvalue weighted by atomic mass is 16.5. The molecule has 0 spiro atoms. The summed E-state index contributed by atoms with van der Waals surface area (Å²) >= 11 is 0. The minimum Gasteiger partial charge on any atom is -0.494 e. The molecule has 1 unspecified atom stereocenters. The Balaban J connectivity index is 1.36. The maximum Gasteiger partial charge on any atom is 0.307 e. The third-order valence-electron chi connectivity index (χ3n) is 8.32. The number of carboxylic acids is 1. The molecule has 1 amide bonds. The number of benzene rings is 3. The van der Waals surface area contributed by atoms with E-state index >= 15 is 0 Å². The van der Waals surface area contributed by atoms with Crippen molar-refractivity contribution in [3.05, 3.63) is 89.0 Å². The Labute approximate surface area is 263 Å². The van der Waals surface area contributed by atoms with E-state index in [1.54, 1.807) is 0 Å². The van der Waals surface area contributed by atoms with E-state index in [4.69, 9.17) is 9.73 Å². The molecule has 1 atom stereocenters. The molecule has 44 heavy (non-hydrogen) atoms. The van der Waals surface area contributed by atoms with Crippen LogP contribution in [-0.2, 0) is 34.3 Å². The van der Waals surface area contributed by atoms with Gasteiger partial charge in [0.05, 0.1) is 19.1 Å². The van der Waals surface area contributed by atoms with Crippen LogP contribution in [0.2, 0.25) is 0 Å². The molecular formula is C38H48N2O4. The Bertz CT molecular complexity index is 1450. The summed E-state index contributed by atoms with van der Waals surface area (Å²) in [6.45, 7) is 11.8. The number of ether oxygens (including phenoxy) is 1. The number of carboxylic acid groups (broad SMARTS) is 1. The van der Waals surface area contributed by atoms with E-state index in [1.165, 1.54) is 16.7 Å². The molecule has 0 saturated heterocycles. The van der Waals surface area contributed by atoms with Crippen molar-refractivity contribution in [2.75, 3.05) is 13.2 Å². The van der Waals surface area contributed by atoms with E-state index in [0.717, 1.165) is 55.5 Å². The van der Waals surface area contributed by atoms with Crippen LogP contribution in [0.3, 0.4) is 0 Å². The lowest BCUT2D eigenvalue weighted by Crippen LogP contribution is -2.42. The number of carbonyl (C=O) groups is 2. The number of rotatable bonds is 14. The van der Waals surface area contributed by atoms with Gasteiger partial charge in [-0.3, -0.25) is 14.6 Å². The highest BCUT2D eigenvalue weighted by molar-refractivity contribution is 6.00. The van der Waals surface area contributed by atoms with Crippen molar-refractivity contribution in [3.63, 3.8) is 0 Å². The molecule has 234 valence electrons. The van der Waals surface area contributed by atoms with Gasteiger partial charge in [-0.25, -0.2) is 0 Å². The number of aliphatic imine (C=N–C) groups is 1. The lowest BCUT2D eigenvalue weighted by Gasteiger charge is -2.30. The number of amidine groups is 1. The van der Waals surface area contributed by atoms with Gasteiger partial charge >= 0.3 is 5.97 Å². The molecule has 0 aromatic heterocycles. The van der Waals surface area contributed by atoms with Crippen LogP contribution in [0.1, 0.15) is 89.0 Å². The van der Waals surface area contributed by atoms with E-state index in [-0.39, 0.29) is 23.8 Å². The first-order valence-electron chi connectivity index (χ1n) is 16.1. The van der Waals surface area contributed by atoms with Crippen LogP contribution in [0.4, 0.5) is 0 Å². The van der Waals surface area contributed by atoms with Gasteiger partial charge in [0.1, 0.15) is 11.6 Å². The summed E-state index contributed by atoms with van der Waals surface area (Å²) in [5, 5.41) is 9.37. The molecule has 6 heteroatoms. The van der Waals surface area contributed by atoms with Gasteiger partial charge in [0, 0.05) is 24.9 Å². The average molecular weight is 597 g/mol. The molecule has 0 fully saturated rings. The topological polar surface area (TPSA) is 79.2 Å². The zero-order valence-electron chi connectivity index (χ0n) is 27.1. The van der Waals surface area contributed by atoms with Crippen LogP contribution in [0.5, 0.6) is 5.75 Å². The van der Waals surface area contributed by atoms with Crippen molar-refractivity contribution in [1.29, 1.82) is 0 Å². The molecule has 6 nitrogen and oxygen atoms in total. The number of carbonyl (C=O) groups excluding carboxylic acids is 1. The minimum absolute atomic E-state index is 0.0529. The average Bonchev–Trinajstić information content (AvgIpc) is 2.98. The van der Waals surface area contributed by atoms with E-state index in [1.807, 2.05) is 43.0 Å². The molecule has 1 N–H and O–H groups in total. The predicted molar refractivity (Wildman–Crippen MR) is 179 cm³/mol. The Morgan fingerprint density at radius 2 is 1.66 bits per heavy atom. The van der Waals surface area contributed by atoms with Gasteiger partial charge in [0.25, 0.3) is 0 Å². The fourth-order valence-corrected chi connectivity index (χ4v) is 5.93. The summed E-state index contributed by atoms with van der Waals surface area (Å²) in [4.78, 5) is 31.4. The van der Waals surface area contributed by atoms with E-state index in [2.05, 4.69) is 63.2 Å². The van der Waals surface area contributed by atoms with Crippen molar-refractivity contribution in [2.45, 2.75) is 97.4 Å². The summed E-state index contributed by atoms with van der Waals surface area (Å²) in [5.74, 6) is 0.845. The van der Waals surface area contributed by atoms with Crippen LogP contribution < -0.4 is 4.74 Å². The van der Waals surface area contributed by atoms with Crippen molar-refractivity contribution in [1.82, 2.24) is 4.90 Å². The van der Waals surface area contributed by atoms with Crippen LogP contribution in [-0.4, -0.2) is 46.9 Å². The molecule has 1 heterocycles. The van der Waals surface area contributed by atoms with Crippen molar-refractivity contribution in [3.8, 4) is 16.9 Å². The molecule has 1 aliphatic heterocycles. The SMILES string of the molecule is CCOc1ccc(-c2cccc(CCCC3=NC(CCCc4ccc(C(C)(C)C)cc4)CC(=O)N3CC)c2)cc1CC(=O)O. The summed E-state index contributed by atoms with van der Waals surface area (Å²) in [6.07, 6.45) is 5.88. The van der Waals surface area contributed by atoms with E-state index in [9.17, 15) is 14.7 Å². The number of aryl methyl sites for hydroxylation is 2. The lowest BCUT2D eigenvalue weighted by molar-refractivity contribution is -0.136. The standard InChI is InChI=1S/C38H48N2O4/c1-6-40-35(39-33(26-36(40)41)15-9-11-27-17-20-32(21-18-27)38(3,4)5)16-10-13-28-12-8-14-29(23-28)30-19-22-34(44-7-2)31(24-30)25-37(42)43/h8,12,14,17-24,33H,6-7,9-11,13,15-16,25-26H2,1-5H3,(H,42,43). The Kier molecular flexibility index (Phi) is 11.4. The third-order valence-corrected chi connectivity index (χ3v) is 8.32. The zero-order valence-corrected chi connectivity index (χ0v) is 27.1. The second-order valence-corrected chi connectivity index (χ2v) is 12.8. The van der Waals surface area contributed by atoms with Gasteiger partial charge < -0.3 is 14.7 Å². The van der Waals surface area contributed by atoms with Crippen molar-refractivity contribution < 1.29 is 19.4 Å². The van der Waals surface area contributed by atoms with Gasteiger partial charge in [-0.2, -0.15) is 0 Å². The molecule has 0 aliphatic carbocycles. The van der Waals surface area contributed by atoms with Crippen LogP contribution in [0.15, 0.2) is 71.7 Å². The molecule has 1 aliphatic rings. The van der Waals surface area contributed by atoms with E-state index in [0.29, 0.717) is 30.9 Å². The highest BCUT2D eigenvalue weighted by Gasteiger charge is 2.27. The van der Waals surface area contributed by atoms with Crippen molar-refractivity contribution >= 4 is 17.7 Å². The number of hydrogen-bond donors (Lipinski definition) is 1. The molecule has 3 aromatic rings. The molecule has 0 radical (unpaired) electrons. The summed E-state index contributed by atoms with van der Waals surface area (Å²) < 4.78 is 5.65. The third kappa shape index (κ3) is 9.04. The first-order chi connectivity index (χ1) is 21.1. The Morgan fingerprint density at radius 1 is 0.932 bits per heavy atom. The minimum atomic E-state index is -0.879. The fourth-order valence-electron chi connectivity index (χ4n) is 5.93. The maximum absolute atomic E-state index is 13.0. The molecule has 3 aromatic carbocycles. The van der Waals surface area contributed by atoms with Gasteiger partial charge in [-0.15, -0.1) is 0 Å². The quantitative estimate of drug-likeness (QED) is 0.204. The van der Waals surface area contributed by atoms with Crippen LogP contribution in [0, 0.1) is 0 Å². The largest absolute Gasteiger partial charge is 0.494 e. The second-order valence-electron chi connectivity index (χ2n) is 12.8. The Morgan fingerprint density at radius 3 is 2.34 bits per heavy atom. The zero-order chi connectivity index (χ0) is 31.7. The van der Waals surface area contributed by atoms with Crippen LogP contribution in [0.25, 0.3) is 11.1 Å². The molecular weight excluding hydrogens is 548 g/mol. The maximum atomic E-state index is 13.0. The summed E-state index contributed by atoms with van der Waals surface area (Å²) in [7, 11) is 0. The summed E-state index contributed by atoms with van der Waals surface area (Å²) in [6, 6.07) is 23.1. The Hall–Kier alpha value is -3.93. The second kappa shape index (κ2) is 15.2. The first-order valence-corrected chi connectivity index (χ1v) is 16.1. The van der Waals surface area contributed by atoms with Gasteiger partial charge in [0.15, 0.2) is 0 Å². The van der Waals surface area contributed by atoms with Gasteiger partial charge in [-0.1, -0.05) is 75.4 Å².